The fraction of sp³-hybridized carbons (Fsp3) is 0.455. The number of carbonyl (C=O) groups excluding carboxylic acids is 1. The standard InChI is InChI=1S/C11H16N6OS/c1-3-4-7-5-8(15-14-7)9(18)13-6(2)10-16-17-11(12)19-10/h5-6H,3-4H2,1-2H3,(H2,12,17)(H,13,18)(H,14,15). The van der Waals surface area contributed by atoms with Crippen molar-refractivity contribution in [3.8, 4) is 0 Å². The third-order valence-corrected chi connectivity index (χ3v) is 3.49. The topological polar surface area (TPSA) is 110 Å². The molecule has 1 unspecified atom stereocenters. The minimum Gasteiger partial charge on any atom is -0.374 e. The number of hydrogen-bond acceptors (Lipinski definition) is 6. The summed E-state index contributed by atoms with van der Waals surface area (Å²) in [5.41, 5.74) is 6.85. The second kappa shape index (κ2) is 5.79. The second-order valence-electron chi connectivity index (χ2n) is 4.20. The van der Waals surface area contributed by atoms with Gasteiger partial charge in [-0.2, -0.15) is 5.10 Å². The van der Waals surface area contributed by atoms with Crippen LogP contribution in [0.1, 0.15) is 47.5 Å². The molecule has 2 rings (SSSR count). The first-order chi connectivity index (χ1) is 9.10. The van der Waals surface area contributed by atoms with E-state index in [1.807, 2.05) is 6.92 Å². The lowest BCUT2D eigenvalue weighted by atomic mass is 10.2. The molecule has 7 nitrogen and oxygen atoms in total. The number of aryl methyl sites for hydroxylation is 1. The predicted octanol–water partition coefficient (Wildman–Crippen LogP) is 1.29. The van der Waals surface area contributed by atoms with Crippen molar-refractivity contribution in [2.45, 2.75) is 32.7 Å². The lowest BCUT2D eigenvalue weighted by Crippen LogP contribution is -2.26. The first-order valence-corrected chi connectivity index (χ1v) is 6.85. The lowest BCUT2D eigenvalue weighted by Gasteiger charge is -2.08. The van der Waals surface area contributed by atoms with Gasteiger partial charge in [0.1, 0.15) is 10.7 Å². The van der Waals surface area contributed by atoms with Crippen LogP contribution in [-0.2, 0) is 6.42 Å². The molecule has 0 aliphatic rings. The van der Waals surface area contributed by atoms with Crippen LogP contribution < -0.4 is 11.1 Å². The van der Waals surface area contributed by atoms with Gasteiger partial charge in [-0.15, -0.1) is 10.2 Å². The zero-order valence-corrected chi connectivity index (χ0v) is 11.6. The van der Waals surface area contributed by atoms with Crippen LogP contribution in [0.4, 0.5) is 5.13 Å². The fourth-order valence-electron chi connectivity index (χ4n) is 1.63. The van der Waals surface area contributed by atoms with Gasteiger partial charge in [-0.25, -0.2) is 0 Å². The molecule has 0 aliphatic heterocycles. The molecule has 102 valence electrons. The third-order valence-electron chi connectivity index (χ3n) is 2.56. The molecule has 1 atom stereocenters. The van der Waals surface area contributed by atoms with Gasteiger partial charge >= 0.3 is 0 Å². The van der Waals surface area contributed by atoms with Crippen LogP contribution in [0.5, 0.6) is 0 Å². The number of aromatic amines is 1. The Morgan fingerprint density at radius 3 is 3.00 bits per heavy atom. The molecule has 8 heteroatoms. The maximum atomic E-state index is 12.0. The van der Waals surface area contributed by atoms with E-state index in [4.69, 9.17) is 5.73 Å². The fourth-order valence-corrected chi connectivity index (χ4v) is 2.24. The Morgan fingerprint density at radius 1 is 1.58 bits per heavy atom. The van der Waals surface area contributed by atoms with Crippen LogP contribution in [0, 0.1) is 0 Å². The summed E-state index contributed by atoms with van der Waals surface area (Å²) >= 11 is 1.26. The quantitative estimate of drug-likeness (QED) is 0.764. The normalized spacial score (nSPS) is 12.3. The van der Waals surface area contributed by atoms with Crippen molar-refractivity contribution in [1.29, 1.82) is 0 Å². The van der Waals surface area contributed by atoms with Gasteiger partial charge in [-0.3, -0.25) is 9.89 Å². The van der Waals surface area contributed by atoms with E-state index in [0.717, 1.165) is 18.5 Å². The maximum Gasteiger partial charge on any atom is 0.272 e. The number of hydrogen-bond donors (Lipinski definition) is 3. The predicted molar refractivity (Wildman–Crippen MR) is 72.8 cm³/mol. The zero-order chi connectivity index (χ0) is 13.8. The van der Waals surface area contributed by atoms with E-state index in [2.05, 4.69) is 32.6 Å². The first kappa shape index (κ1) is 13.5. The summed E-state index contributed by atoms with van der Waals surface area (Å²) in [6, 6.07) is 1.52. The number of carbonyl (C=O) groups is 1. The summed E-state index contributed by atoms with van der Waals surface area (Å²) in [4.78, 5) is 12.0. The molecule has 4 N–H and O–H groups in total. The number of amides is 1. The minimum atomic E-state index is -0.242. The number of nitrogens with one attached hydrogen (secondary N) is 2. The molecular formula is C11H16N6OS. The molecule has 2 aromatic heterocycles. The molecule has 0 aliphatic carbocycles. The number of anilines is 1. The molecule has 0 bridgehead atoms. The van der Waals surface area contributed by atoms with Crippen LogP contribution >= 0.6 is 11.3 Å². The number of nitrogens with two attached hydrogens (primary N) is 1. The average molecular weight is 280 g/mol. The van der Waals surface area contributed by atoms with Crippen molar-refractivity contribution in [2.24, 2.45) is 0 Å². The molecule has 1 amide bonds. The number of nitrogens with zero attached hydrogens (tertiary/aromatic N) is 3. The van der Waals surface area contributed by atoms with Crippen LogP contribution in [0.3, 0.4) is 0 Å². The Morgan fingerprint density at radius 2 is 2.37 bits per heavy atom. The van der Waals surface area contributed by atoms with Gasteiger partial charge < -0.3 is 11.1 Å². The molecule has 0 aromatic carbocycles. The van der Waals surface area contributed by atoms with E-state index in [1.54, 1.807) is 6.07 Å². The van der Waals surface area contributed by atoms with Crippen LogP contribution in [0.15, 0.2) is 6.07 Å². The Hall–Kier alpha value is -1.96. The number of rotatable bonds is 5. The van der Waals surface area contributed by atoms with Crippen LogP contribution in [0.25, 0.3) is 0 Å². The van der Waals surface area contributed by atoms with E-state index >= 15 is 0 Å². The molecule has 2 heterocycles. The van der Waals surface area contributed by atoms with E-state index in [1.165, 1.54) is 11.3 Å². The summed E-state index contributed by atoms with van der Waals surface area (Å²) in [6.07, 6.45) is 1.88. The van der Waals surface area contributed by atoms with Gasteiger partial charge in [0.05, 0.1) is 6.04 Å². The highest BCUT2D eigenvalue weighted by Gasteiger charge is 2.17. The number of H-pyrrole nitrogens is 1. The highest BCUT2D eigenvalue weighted by molar-refractivity contribution is 7.15. The van der Waals surface area contributed by atoms with E-state index in [-0.39, 0.29) is 11.9 Å². The largest absolute Gasteiger partial charge is 0.374 e. The monoisotopic (exact) mass is 280 g/mol. The average Bonchev–Trinajstić information content (AvgIpc) is 2.98. The molecule has 19 heavy (non-hydrogen) atoms. The highest BCUT2D eigenvalue weighted by Crippen LogP contribution is 2.19. The SMILES string of the molecule is CCCc1cc(C(=O)NC(C)c2nnc(N)s2)n[nH]1. The molecule has 0 saturated heterocycles. The molecular weight excluding hydrogens is 264 g/mol. The molecule has 0 saturated carbocycles. The Labute approximate surface area is 114 Å². The van der Waals surface area contributed by atoms with Gasteiger partial charge in [0.2, 0.25) is 5.13 Å². The molecule has 0 spiro atoms. The van der Waals surface area contributed by atoms with Crippen molar-refractivity contribution in [1.82, 2.24) is 25.7 Å². The maximum absolute atomic E-state index is 12.0. The Bertz CT molecular complexity index is 563. The number of nitrogen functional groups attached to an aromatic ring is 1. The van der Waals surface area contributed by atoms with Gasteiger partial charge in [0, 0.05) is 5.69 Å². The zero-order valence-electron chi connectivity index (χ0n) is 10.8. The summed E-state index contributed by atoms with van der Waals surface area (Å²) in [6.45, 7) is 3.90. The minimum absolute atomic E-state index is 0.236. The molecule has 0 fully saturated rings. The van der Waals surface area contributed by atoms with Crippen molar-refractivity contribution in [3.05, 3.63) is 22.5 Å². The summed E-state index contributed by atoms with van der Waals surface area (Å²) in [5.74, 6) is -0.236. The van der Waals surface area contributed by atoms with Gasteiger partial charge in [0.15, 0.2) is 0 Å². The van der Waals surface area contributed by atoms with Crippen molar-refractivity contribution in [2.75, 3.05) is 5.73 Å². The Kier molecular flexibility index (Phi) is 4.10. The highest BCUT2D eigenvalue weighted by atomic mass is 32.1. The van der Waals surface area contributed by atoms with Crippen molar-refractivity contribution >= 4 is 22.4 Å². The van der Waals surface area contributed by atoms with Gasteiger partial charge in [0.25, 0.3) is 5.91 Å². The van der Waals surface area contributed by atoms with E-state index in [9.17, 15) is 4.79 Å². The molecule has 2 aromatic rings. The molecule has 0 radical (unpaired) electrons. The lowest BCUT2D eigenvalue weighted by molar-refractivity contribution is 0.0934. The summed E-state index contributed by atoms with van der Waals surface area (Å²) < 4.78 is 0. The Balaban J connectivity index is 1.99. The first-order valence-electron chi connectivity index (χ1n) is 6.04. The van der Waals surface area contributed by atoms with Crippen molar-refractivity contribution < 1.29 is 4.79 Å². The van der Waals surface area contributed by atoms with Gasteiger partial charge in [-0.1, -0.05) is 24.7 Å². The summed E-state index contributed by atoms with van der Waals surface area (Å²) in [5, 5.41) is 18.3. The summed E-state index contributed by atoms with van der Waals surface area (Å²) in [7, 11) is 0. The number of aromatic nitrogens is 4. The second-order valence-corrected chi connectivity index (χ2v) is 5.24. The van der Waals surface area contributed by atoms with E-state index in [0.29, 0.717) is 15.8 Å². The van der Waals surface area contributed by atoms with Gasteiger partial charge in [-0.05, 0) is 19.4 Å². The smallest absolute Gasteiger partial charge is 0.272 e. The van der Waals surface area contributed by atoms with Crippen LogP contribution in [0.2, 0.25) is 0 Å². The van der Waals surface area contributed by atoms with Crippen LogP contribution in [-0.4, -0.2) is 26.3 Å². The third kappa shape index (κ3) is 3.28. The van der Waals surface area contributed by atoms with E-state index < -0.39 is 0 Å². The van der Waals surface area contributed by atoms with Crippen molar-refractivity contribution in [3.63, 3.8) is 0 Å².